The van der Waals surface area contributed by atoms with E-state index in [4.69, 9.17) is 0 Å². The van der Waals surface area contributed by atoms with E-state index in [0.29, 0.717) is 11.8 Å². The quantitative estimate of drug-likeness (QED) is 0.247. The minimum absolute atomic E-state index is 0.629. The van der Waals surface area contributed by atoms with Gasteiger partial charge in [-0.05, 0) is 67.6 Å². The van der Waals surface area contributed by atoms with Crippen LogP contribution in [0.2, 0.25) is 0 Å². The normalized spacial score (nSPS) is 35.9. The van der Waals surface area contributed by atoms with Crippen LogP contribution in [0.1, 0.15) is 19.3 Å². The summed E-state index contributed by atoms with van der Waals surface area (Å²) >= 11 is 8.79. The van der Waals surface area contributed by atoms with Crippen LogP contribution in [-0.2, 0) is 0 Å². The van der Waals surface area contributed by atoms with Crippen molar-refractivity contribution in [2.24, 2.45) is 22.2 Å². The summed E-state index contributed by atoms with van der Waals surface area (Å²) in [5.74, 6) is 2.09. The zero-order valence-electron chi connectivity index (χ0n) is 9.76. The fraction of sp³-hybridized carbons (Fsp3) is 0.462. The largest absolute Gasteiger partial charge is 0.259 e. The van der Waals surface area contributed by atoms with E-state index in [-0.39, 0.29) is 0 Å². The molecule has 0 fully saturated rings. The van der Waals surface area contributed by atoms with Crippen molar-refractivity contribution in [1.82, 2.24) is 1.33 Å². The molecule has 3 rings (SSSR count). The lowest BCUT2D eigenvalue weighted by Gasteiger charge is -2.42. The molecular formula is C13H14I2N2S. The van der Waals surface area contributed by atoms with Crippen LogP contribution in [0.4, 0.5) is 0 Å². The van der Waals surface area contributed by atoms with Gasteiger partial charge >= 0.3 is 0 Å². The Kier molecular flexibility index (Phi) is 4.10. The van der Waals surface area contributed by atoms with Crippen LogP contribution in [0, 0.1) is 17.8 Å². The highest BCUT2D eigenvalue weighted by Crippen LogP contribution is 2.48. The molecule has 3 aliphatic rings. The molecule has 0 saturated heterocycles. The number of halogens is 2. The molecule has 0 aromatic carbocycles. The molecule has 3 unspecified atom stereocenters. The zero-order valence-corrected chi connectivity index (χ0v) is 15.0. The van der Waals surface area contributed by atoms with E-state index in [1.807, 2.05) is 0 Å². The molecule has 18 heavy (non-hydrogen) atoms. The van der Waals surface area contributed by atoms with Gasteiger partial charge in [-0.1, -0.05) is 12.2 Å². The van der Waals surface area contributed by atoms with Crippen molar-refractivity contribution < 1.29 is 0 Å². The van der Waals surface area contributed by atoms with Crippen LogP contribution in [0.25, 0.3) is 0 Å². The van der Waals surface area contributed by atoms with Crippen molar-refractivity contribution in [2.75, 3.05) is 0 Å². The summed E-state index contributed by atoms with van der Waals surface area (Å²) < 4.78 is 6.30. The maximum Gasteiger partial charge on any atom is 0.0694 e. The molecule has 0 aromatic rings. The molecule has 0 N–H and O–H groups in total. The van der Waals surface area contributed by atoms with Crippen molar-refractivity contribution in [3.05, 3.63) is 35.6 Å². The molecule has 2 nitrogen and oxygen atoms in total. The molecule has 0 aliphatic heterocycles. The maximum absolute atomic E-state index is 4.11. The Labute approximate surface area is 141 Å². The lowest BCUT2D eigenvalue weighted by Crippen LogP contribution is -2.34. The third-order valence-electron chi connectivity index (χ3n) is 4.10. The Hall–Kier alpha value is 0.500. The Balaban J connectivity index is 2.04. The second-order valence-corrected chi connectivity index (χ2v) is 9.10. The van der Waals surface area contributed by atoms with Crippen molar-refractivity contribution in [1.29, 1.82) is 0 Å². The van der Waals surface area contributed by atoms with Crippen LogP contribution < -0.4 is 0 Å². The number of allylic oxidation sites excluding steroid dienone is 6. The first-order chi connectivity index (χ1) is 8.69. The monoisotopic (exact) mass is 484 g/mol. The van der Waals surface area contributed by atoms with E-state index in [1.165, 1.54) is 24.1 Å². The highest BCUT2D eigenvalue weighted by molar-refractivity contribution is 14.2. The Bertz CT molecular complexity index is 479. The van der Waals surface area contributed by atoms with E-state index >= 15 is 0 Å². The molecule has 0 saturated carbocycles. The van der Waals surface area contributed by atoms with E-state index in [2.05, 4.69) is 88.6 Å². The highest BCUT2D eigenvalue weighted by atomic mass is 127. The number of thiol groups is 1. The third-order valence-corrected chi connectivity index (χ3v) is 5.60. The lowest BCUT2D eigenvalue weighted by molar-refractivity contribution is 0.278. The molecule has 0 heterocycles. The van der Waals surface area contributed by atoms with Crippen LogP contribution in [-0.4, -0.2) is 7.04 Å². The first-order valence-corrected chi connectivity index (χ1v) is 8.43. The average molecular weight is 484 g/mol. The minimum Gasteiger partial charge on any atom is -0.259 e. The van der Waals surface area contributed by atoms with Crippen LogP contribution in [0.3, 0.4) is 0 Å². The van der Waals surface area contributed by atoms with Gasteiger partial charge in [-0.15, -0.1) is 0 Å². The standard InChI is InChI=1S/C13H14I2N2S/c14-17(15)12-6-9-3-1-2-8-4-11(16-18)5-10(7-12)13(8)9/h1-2,5,7-9,13,18H,3-4,6H2. The van der Waals surface area contributed by atoms with Crippen molar-refractivity contribution >= 4 is 64.3 Å². The second-order valence-electron chi connectivity index (χ2n) is 5.13. The van der Waals surface area contributed by atoms with Crippen LogP contribution in [0.5, 0.6) is 0 Å². The fourth-order valence-electron chi connectivity index (χ4n) is 3.40. The van der Waals surface area contributed by atoms with Gasteiger partial charge in [-0.2, -0.15) is 0 Å². The summed E-state index contributed by atoms with van der Waals surface area (Å²) in [5, 5.41) is 0. The molecule has 0 radical (unpaired) electrons. The Morgan fingerprint density at radius 3 is 2.83 bits per heavy atom. The van der Waals surface area contributed by atoms with E-state index < -0.39 is 0 Å². The van der Waals surface area contributed by atoms with Gasteiger partial charge in [0.25, 0.3) is 0 Å². The first kappa shape index (κ1) is 13.5. The number of rotatable bonds is 1. The summed E-state index contributed by atoms with van der Waals surface area (Å²) in [6, 6.07) is 0. The molecule has 5 heteroatoms. The molecule has 0 amide bonds. The predicted molar refractivity (Wildman–Crippen MR) is 95.9 cm³/mol. The highest BCUT2D eigenvalue weighted by Gasteiger charge is 2.39. The SMILES string of the molecule is SN=C1C=C2C=C(N(I)I)CC3CC=CC(C1)C23. The zero-order chi connectivity index (χ0) is 12.7. The Morgan fingerprint density at radius 2 is 2.11 bits per heavy atom. The summed E-state index contributed by atoms with van der Waals surface area (Å²) in [7, 11) is 0. The maximum atomic E-state index is 4.11. The van der Waals surface area contributed by atoms with Gasteiger partial charge in [0.2, 0.25) is 0 Å². The van der Waals surface area contributed by atoms with Gasteiger partial charge in [-0.25, -0.2) is 4.40 Å². The molecule has 0 bridgehead atoms. The molecule has 0 aromatic heterocycles. The smallest absolute Gasteiger partial charge is 0.0694 e. The second kappa shape index (κ2) is 5.47. The van der Waals surface area contributed by atoms with Gasteiger partial charge in [0.05, 0.1) is 45.7 Å². The average Bonchev–Trinajstić information content (AvgIpc) is 2.38. The topological polar surface area (TPSA) is 15.6 Å². The molecule has 3 aliphatic carbocycles. The van der Waals surface area contributed by atoms with Gasteiger partial charge in [-0.3, -0.25) is 1.33 Å². The van der Waals surface area contributed by atoms with Gasteiger partial charge in [0.15, 0.2) is 0 Å². The number of hydrogen-bond acceptors (Lipinski definition) is 3. The lowest BCUT2D eigenvalue weighted by atomic mass is 9.64. The summed E-state index contributed by atoms with van der Waals surface area (Å²) in [6.45, 7) is 0. The number of hydrogen-bond donors (Lipinski definition) is 1. The van der Waals surface area contributed by atoms with Gasteiger partial charge < -0.3 is 0 Å². The van der Waals surface area contributed by atoms with Gasteiger partial charge in [0.1, 0.15) is 0 Å². The molecule has 0 spiro atoms. The fourth-order valence-corrected chi connectivity index (χ4v) is 4.21. The molecule has 3 atom stereocenters. The van der Waals surface area contributed by atoms with Crippen molar-refractivity contribution in [3.8, 4) is 0 Å². The third kappa shape index (κ3) is 2.42. The van der Waals surface area contributed by atoms with Crippen molar-refractivity contribution in [2.45, 2.75) is 19.3 Å². The summed E-state index contributed by atoms with van der Waals surface area (Å²) in [5.41, 5.74) is 3.98. The van der Waals surface area contributed by atoms with Gasteiger partial charge in [0, 0.05) is 11.4 Å². The van der Waals surface area contributed by atoms with Crippen LogP contribution >= 0.6 is 58.5 Å². The summed E-state index contributed by atoms with van der Waals surface area (Å²) in [6.07, 6.45) is 12.8. The Morgan fingerprint density at radius 1 is 1.28 bits per heavy atom. The van der Waals surface area contributed by atoms with Crippen molar-refractivity contribution in [3.63, 3.8) is 0 Å². The molecule has 96 valence electrons. The van der Waals surface area contributed by atoms with E-state index in [9.17, 15) is 0 Å². The number of nitrogens with zero attached hydrogens (tertiary/aromatic N) is 2. The first-order valence-electron chi connectivity index (χ1n) is 6.10. The van der Waals surface area contributed by atoms with Crippen LogP contribution in [0.15, 0.2) is 40.0 Å². The molecular weight excluding hydrogens is 470 g/mol. The van der Waals surface area contributed by atoms with E-state index in [0.717, 1.165) is 18.1 Å². The predicted octanol–water partition coefficient (Wildman–Crippen LogP) is 4.70. The minimum atomic E-state index is 0.629. The summed E-state index contributed by atoms with van der Waals surface area (Å²) in [4.78, 5) is 0. The van der Waals surface area contributed by atoms with E-state index in [1.54, 1.807) is 0 Å².